The molecule has 2 fully saturated rings. The van der Waals surface area contributed by atoms with Crippen LogP contribution in [0.15, 0.2) is 15.6 Å². The highest BCUT2D eigenvalue weighted by Gasteiger charge is 2.41. The summed E-state index contributed by atoms with van der Waals surface area (Å²) in [5.74, 6) is 2.63. The largest absolute Gasteiger partial charge is 0.443 e. The number of rotatable bonds is 2. The number of hydrogen-bond acceptors (Lipinski definition) is 3. The quantitative estimate of drug-likeness (QED) is 0.671. The number of aliphatic imine (C=N–C) groups is 1. The number of oxazole rings is 1. The summed E-state index contributed by atoms with van der Waals surface area (Å²) in [4.78, 5) is 11.2. The summed E-state index contributed by atoms with van der Waals surface area (Å²) < 4.78 is 5.85. The average Bonchev–Trinajstić information content (AvgIpc) is 3.22. The smallest absolute Gasteiger partial charge is 0.213 e. The highest BCUT2D eigenvalue weighted by atomic mass is 16.4. The maximum atomic E-state index is 5.85. The monoisotopic (exact) mass is 318 g/mol. The van der Waals surface area contributed by atoms with Crippen molar-refractivity contribution in [3.05, 3.63) is 17.8 Å². The molecular formula is C18H30N4O. The minimum atomic E-state index is -0.00324. The Bertz CT molecular complexity index is 564. The van der Waals surface area contributed by atoms with Gasteiger partial charge >= 0.3 is 0 Å². The summed E-state index contributed by atoms with van der Waals surface area (Å²) in [6.45, 7) is 9.25. The maximum absolute atomic E-state index is 5.85. The lowest BCUT2D eigenvalue weighted by atomic mass is 9.86. The van der Waals surface area contributed by atoms with Crippen LogP contribution < -0.4 is 5.32 Å². The van der Waals surface area contributed by atoms with Gasteiger partial charge in [0.25, 0.3) is 0 Å². The number of likely N-dealkylation sites (tertiary alicyclic amines) is 1. The second-order valence-corrected chi connectivity index (χ2v) is 8.15. The number of hydrogen-bond donors (Lipinski definition) is 1. The number of guanidine groups is 1. The van der Waals surface area contributed by atoms with Crippen molar-refractivity contribution in [2.24, 2.45) is 10.4 Å². The van der Waals surface area contributed by atoms with E-state index in [-0.39, 0.29) is 5.41 Å². The minimum Gasteiger partial charge on any atom is -0.443 e. The normalized spacial score (nSPS) is 21.4. The fourth-order valence-corrected chi connectivity index (χ4v) is 3.87. The first-order chi connectivity index (χ1) is 10.9. The fraction of sp³-hybridized carbons (Fsp3) is 0.778. The van der Waals surface area contributed by atoms with Gasteiger partial charge in [0.05, 0.1) is 12.7 Å². The molecular weight excluding hydrogens is 288 g/mol. The van der Waals surface area contributed by atoms with E-state index in [9.17, 15) is 0 Å². The van der Waals surface area contributed by atoms with Gasteiger partial charge in [-0.3, -0.25) is 4.99 Å². The Kier molecular flexibility index (Phi) is 4.39. The van der Waals surface area contributed by atoms with E-state index in [2.05, 4.69) is 41.0 Å². The van der Waals surface area contributed by atoms with Crippen LogP contribution in [0.2, 0.25) is 0 Å². The lowest BCUT2D eigenvalue weighted by molar-refractivity contribution is 0.308. The van der Waals surface area contributed by atoms with Crippen molar-refractivity contribution in [2.75, 3.05) is 20.1 Å². The van der Waals surface area contributed by atoms with Crippen molar-refractivity contribution in [3.63, 3.8) is 0 Å². The first-order valence-corrected chi connectivity index (χ1v) is 8.83. The summed E-state index contributed by atoms with van der Waals surface area (Å²) in [5, 5.41) is 3.42. The van der Waals surface area contributed by atoms with Crippen molar-refractivity contribution < 1.29 is 4.42 Å². The summed E-state index contributed by atoms with van der Waals surface area (Å²) >= 11 is 0. The summed E-state index contributed by atoms with van der Waals surface area (Å²) in [7, 11) is 1.86. The van der Waals surface area contributed by atoms with Gasteiger partial charge in [-0.1, -0.05) is 33.6 Å². The van der Waals surface area contributed by atoms with Gasteiger partial charge < -0.3 is 14.6 Å². The standard InChI is InChI=1S/C18H30N4O/c1-17(2,3)14-11-20-15(23-14)12-21-16(19-4)22-10-9-18(13-22)7-5-6-8-18/h11H,5-10,12-13H2,1-4H3,(H,19,21). The lowest BCUT2D eigenvalue weighted by Crippen LogP contribution is -2.40. The molecule has 1 saturated carbocycles. The van der Waals surface area contributed by atoms with E-state index in [4.69, 9.17) is 4.42 Å². The zero-order valence-electron chi connectivity index (χ0n) is 15.0. The van der Waals surface area contributed by atoms with E-state index >= 15 is 0 Å². The Morgan fingerprint density at radius 1 is 1.35 bits per heavy atom. The second-order valence-electron chi connectivity index (χ2n) is 8.15. The van der Waals surface area contributed by atoms with E-state index in [1.807, 2.05) is 13.2 Å². The molecule has 1 aliphatic heterocycles. The maximum Gasteiger partial charge on any atom is 0.213 e. The summed E-state index contributed by atoms with van der Waals surface area (Å²) in [5.41, 5.74) is 0.552. The van der Waals surface area contributed by atoms with E-state index < -0.39 is 0 Å². The molecule has 128 valence electrons. The SMILES string of the molecule is CN=C(NCc1ncc(C(C)(C)C)o1)N1CCC2(CCCC2)C1. The molecule has 0 bridgehead atoms. The summed E-state index contributed by atoms with van der Waals surface area (Å²) in [6.07, 6.45) is 8.70. The first-order valence-electron chi connectivity index (χ1n) is 8.83. The van der Waals surface area contributed by atoms with Crippen LogP contribution in [0.4, 0.5) is 0 Å². The Labute approximate surface area is 139 Å². The molecule has 0 radical (unpaired) electrons. The molecule has 0 atom stereocenters. The van der Waals surface area contributed by atoms with Crippen molar-refractivity contribution in [1.29, 1.82) is 0 Å². The highest BCUT2D eigenvalue weighted by Crippen LogP contribution is 2.45. The van der Waals surface area contributed by atoms with Gasteiger partial charge in [-0.15, -0.1) is 0 Å². The van der Waals surface area contributed by atoms with Crippen molar-refractivity contribution in [3.8, 4) is 0 Å². The van der Waals surface area contributed by atoms with Crippen LogP contribution in [0.1, 0.15) is 64.5 Å². The van der Waals surface area contributed by atoms with Crippen molar-refractivity contribution in [1.82, 2.24) is 15.2 Å². The Balaban J connectivity index is 1.57. The Morgan fingerprint density at radius 2 is 2.09 bits per heavy atom. The van der Waals surface area contributed by atoms with E-state index in [0.717, 1.165) is 30.7 Å². The zero-order chi connectivity index (χ0) is 16.5. The van der Waals surface area contributed by atoms with Gasteiger partial charge in [0.15, 0.2) is 5.96 Å². The van der Waals surface area contributed by atoms with Crippen LogP contribution in [-0.4, -0.2) is 36.0 Å². The van der Waals surface area contributed by atoms with Crippen molar-refractivity contribution >= 4 is 5.96 Å². The van der Waals surface area contributed by atoms with Crippen LogP contribution in [0.3, 0.4) is 0 Å². The van der Waals surface area contributed by atoms with Crippen LogP contribution >= 0.6 is 0 Å². The topological polar surface area (TPSA) is 53.7 Å². The second kappa shape index (κ2) is 6.17. The van der Waals surface area contributed by atoms with Gasteiger partial charge in [0, 0.05) is 25.6 Å². The third-order valence-electron chi connectivity index (χ3n) is 5.30. The molecule has 0 unspecified atom stereocenters. The fourth-order valence-electron chi connectivity index (χ4n) is 3.87. The molecule has 3 rings (SSSR count). The van der Waals surface area contributed by atoms with Gasteiger partial charge in [-0.25, -0.2) is 4.98 Å². The molecule has 2 heterocycles. The first kappa shape index (κ1) is 16.3. The molecule has 1 aliphatic carbocycles. The molecule has 0 aromatic carbocycles. The predicted octanol–water partition coefficient (Wildman–Crippen LogP) is 3.31. The minimum absolute atomic E-state index is 0.00324. The van der Waals surface area contributed by atoms with Crippen LogP contribution in [0.5, 0.6) is 0 Å². The predicted molar refractivity (Wildman–Crippen MR) is 92.5 cm³/mol. The van der Waals surface area contributed by atoms with Crippen molar-refractivity contribution in [2.45, 2.75) is 64.8 Å². The molecule has 1 aromatic heterocycles. The molecule has 1 spiro atoms. The third kappa shape index (κ3) is 3.54. The van der Waals surface area contributed by atoms with E-state index in [1.165, 1.54) is 32.1 Å². The van der Waals surface area contributed by atoms with E-state index in [0.29, 0.717) is 12.0 Å². The van der Waals surface area contributed by atoms with E-state index in [1.54, 1.807) is 0 Å². The molecule has 1 N–H and O–H groups in total. The highest BCUT2D eigenvalue weighted by molar-refractivity contribution is 5.80. The zero-order valence-corrected chi connectivity index (χ0v) is 15.0. The Morgan fingerprint density at radius 3 is 2.70 bits per heavy atom. The number of nitrogens with one attached hydrogen (secondary N) is 1. The van der Waals surface area contributed by atoms with Crippen LogP contribution in [0, 0.1) is 5.41 Å². The molecule has 0 amide bonds. The molecule has 5 heteroatoms. The van der Waals surface area contributed by atoms with Crippen LogP contribution in [0.25, 0.3) is 0 Å². The molecule has 1 aromatic rings. The van der Waals surface area contributed by atoms with Gasteiger partial charge in [0.2, 0.25) is 5.89 Å². The average molecular weight is 318 g/mol. The lowest BCUT2D eigenvalue weighted by Gasteiger charge is -2.25. The molecule has 1 saturated heterocycles. The number of aromatic nitrogens is 1. The molecule has 23 heavy (non-hydrogen) atoms. The Hall–Kier alpha value is -1.52. The third-order valence-corrected chi connectivity index (χ3v) is 5.30. The van der Waals surface area contributed by atoms with Gasteiger partial charge in [0.1, 0.15) is 5.76 Å². The van der Waals surface area contributed by atoms with Gasteiger partial charge in [-0.05, 0) is 24.7 Å². The van der Waals surface area contributed by atoms with Gasteiger partial charge in [-0.2, -0.15) is 0 Å². The molecule has 2 aliphatic rings. The van der Waals surface area contributed by atoms with Crippen LogP contribution in [-0.2, 0) is 12.0 Å². The number of nitrogens with zero attached hydrogens (tertiary/aromatic N) is 3. The molecule has 5 nitrogen and oxygen atoms in total. The summed E-state index contributed by atoms with van der Waals surface area (Å²) in [6, 6.07) is 0.